The van der Waals surface area contributed by atoms with E-state index < -0.39 is 23.6 Å². The van der Waals surface area contributed by atoms with Crippen molar-refractivity contribution in [3.05, 3.63) is 59.7 Å². The summed E-state index contributed by atoms with van der Waals surface area (Å²) >= 11 is 0. The smallest absolute Gasteiger partial charge is 0.408 e. The molecule has 2 aromatic carbocycles. The van der Waals surface area contributed by atoms with Crippen LogP contribution in [0.5, 0.6) is 0 Å². The van der Waals surface area contributed by atoms with Gasteiger partial charge in [0.15, 0.2) is 0 Å². The Morgan fingerprint density at radius 1 is 1.03 bits per heavy atom. The number of carboxylic acid groups (broad SMARTS) is 1. The molecule has 0 radical (unpaired) electrons. The fourth-order valence-corrected chi connectivity index (χ4v) is 5.90. The Kier molecular flexibility index (Phi) is 6.23. The molecule has 2 aliphatic carbocycles. The summed E-state index contributed by atoms with van der Waals surface area (Å²) in [4.78, 5) is 39.8. The number of methoxy groups -OCH3 is 1. The minimum atomic E-state index is -1.15. The number of amides is 2. The average Bonchev–Trinajstić information content (AvgIpc) is 3.59. The van der Waals surface area contributed by atoms with Crippen molar-refractivity contribution < 1.29 is 29.0 Å². The van der Waals surface area contributed by atoms with E-state index in [1.807, 2.05) is 24.3 Å². The second-order valence-electron chi connectivity index (χ2n) is 9.64. The Labute approximate surface area is 204 Å². The van der Waals surface area contributed by atoms with Crippen LogP contribution in [0.4, 0.5) is 4.79 Å². The first-order valence-corrected chi connectivity index (χ1v) is 12.1. The summed E-state index contributed by atoms with van der Waals surface area (Å²) < 4.78 is 11.0. The molecule has 2 amide bonds. The maximum absolute atomic E-state index is 13.6. The SMILES string of the molecule is COC1CC(C(=O)O)N(C(=O)C2(NC(=O)OCC3c4ccccc4-c4ccccc43)CCCC2)C1. The molecule has 1 saturated carbocycles. The summed E-state index contributed by atoms with van der Waals surface area (Å²) in [5.41, 5.74) is 3.35. The number of carbonyl (C=O) groups is 3. The number of benzene rings is 2. The van der Waals surface area contributed by atoms with Crippen molar-refractivity contribution >= 4 is 18.0 Å². The number of carbonyl (C=O) groups excluding carboxylic acids is 2. The fraction of sp³-hybridized carbons (Fsp3) is 0.444. The summed E-state index contributed by atoms with van der Waals surface area (Å²) in [5.74, 6) is -1.51. The largest absolute Gasteiger partial charge is 0.480 e. The number of rotatable bonds is 6. The highest BCUT2D eigenvalue weighted by molar-refractivity contribution is 5.93. The van der Waals surface area contributed by atoms with E-state index in [0.717, 1.165) is 35.1 Å². The number of ether oxygens (including phenoxy) is 2. The highest BCUT2D eigenvalue weighted by atomic mass is 16.5. The van der Waals surface area contributed by atoms with Gasteiger partial charge in [-0.1, -0.05) is 61.4 Å². The molecular weight excluding hydrogens is 448 g/mol. The zero-order valence-electron chi connectivity index (χ0n) is 19.7. The van der Waals surface area contributed by atoms with E-state index in [2.05, 4.69) is 29.6 Å². The summed E-state index contributed by atoms with van der Waals surface area (Å²) in [5, 5.41) is 12.5. The maximum atomic E-state index is 13.6. The van der Waals surface area contributed by atoms with Crippen molar-refractivity contribution in [2.45, 2.75) is 55.7 Å². The van der Waals surface area contributed by atoms with Gasteiger partial charge in [0.05, 0.1) is 6.10 Å². The van der Waals surface area contributed by atoms with Crippen molar-refractivity contribution in [3.63, 3.8) is 0 Å². The lowest BCUT2D eigenvalue weighted by Crippen LogP contribution is -2.60. The average molecular weight is 479 g/mol. The van der Waals surface area contributed by atoms with Crippen LogP contribution in [0.1, 0.15) is 49.1 Å². The standard InChI is InChI=1S/C27H30N2O6/c1-34-17-14-23(24(30)31)29(15-17)25(32)27(12-6-7-13-27)28-26(33)35-16-22-20-10-4-2-8-18(20)19-9-3-5-11-21(19)22/h2-5,8-11,17,22-23H,6-7,12-16H2,1H3,(H,28,33)(H,30,31). The summed E-state index contributed by atoms with van der Waals surface area (Å²) in [6.07, 6.45) is 1.69. The molecule has 1 heterocycles. The van der Waals surface area contributed by atoms with Gasteiger partial charge in [-0.15, -0.1) is 0 Å². The van der Waals surface area contributed by atoms with Crippen molar-refractivity contribution in [1.82, 2.24) is 10.2 Å². The van der Waals surface area contributed by atoms with Gasteiger partial charge in [-0.05, 0) is 35.1 Å². The molecule has 8 nitrogen and oxygen atoms in total. The summed E-state index contributed by atoms with van der Waals surface area (Å²) in [7, 11) is 1.51. The molecule has 1 saturated heterocycles. The molecular formula is C27H30N2O6. The lowest BCUT2D eigenvalue weighted by atomic mass is 9.95. The van der Waals surface area contributed by atoms with Crippen LogP contribution in [-0.2, 0) is 19.1 Å². The van der Waals surface area contributed by atoms with Gasteiger partial charge >= 0.3 is 12.1 Å². The number of likely N-dealkylation sites (tertiary alicyclic amines) is 1. The third kappa shape index (κ3) is 4.16. The van der Waals surface area contributed by atoms with Crippen LogP contribution in [-0.4, -0.2) is 65.9 Å². The molecule has 8 heteroatoms. The lowest BCUT2D eigenvalue weighted by molar-refractivity contribution is -0.151. The Hall–Kier alpha value is -3.39. The molecule has 2 fully saturated rings. The topological polar surface area (TPSA) is 105 Å². The van der Waals surface area contributed by atoms with E-state index in [1.54, 1.807) is 0 Å². The molecule has 2 atom stereocenters. The monoisotopic (exact) mass is 478 g/mol. The van der Waals surface area contributed by atoms with Gasteiger partial charge in [0.1, 0.15) is 18.2 Å². The highest BCUT2D eigenvalue weighted by Gasteiger charge is 2.50. The fourth-order valence-electron chi connectivity index (χ4n) is 5.90. The van der Waals surface area contributed by atoms with Gasteiger partial charge in [0.2, 0.25) is 5.91 Å². The zero-order valence-corrected chi connectivity index (χ0v) is 19.7. The first-order chi connectivity index (χ1) is 16.9. The third-order valence-corrected chi connectivity index (χ3v) is 7.69. The van der Waals surface area contributed by atoms with Gasteiger partial charge in [0, 0.05) is 26.0 Å². The predicted octanol–water partition coefficient (Wildman–Crippen LogP) is 3.54. The van der Waals surface area contributed by atoms with Crippen LogP contribution in [0.2, 0.25) is 0 Å². The molecule has 0 spiro atoms. The highest BCUT2D eigenvalue weighted by Crippen LogP contribution is 2.44. The van der Waals surface area contributed by atoms with E-state index in [4.69, 9.17) is 9.47 Å². The number of hydrogen-bond acceptors (Lipinski definition) is 5. The predicted molar refractivity (Wildman–Crippen MR) is 128 cm³/mol. The Bertz CT molecular complexity index is 1100. The Balaban J connectivity index is 1.30. The molecule has 2 aromatic rings. The lowest BCUT2D eigenvalue weighted by Gasteiger charge is -2.34. The van der Waals surface area contributed by atoms with Crippen LogP contribution in [0.25, 0.3) is 11.1 Å². The number of nitrogens with zero attached hydrogens (tertiary/aromatic N) is 1. The molecule has 3 aliphatic rings. The van der Waals surface area contributed by atoms with Gasteiger partial charge in [-0.25, -0.2) is 9.59 Å². The van der Waals surface area contributed by atoms with Gasteiger partial charge < -0.3 is 24.8 Å². The van der Waals surface area contributed by atoms with Crippen molar-refractivity contribution in [3.8, 4) is 11.1 Å². The third-order valence-electron chi connectivity index (χ3n) is 7.69. The number of carboxylic acids is 1. The second kappa shape index (κ2) is 9.34. The first-order valence-electron chi connectivity index (χ1n) is 12.1. The van der Waals surface area contributed by atoms with Crippen LogP contribution in [0.15, 0.2) is 48.5 Å². The van der Waals surface area contributed by atoms with Crippen molar-refractivity contribution in [2.24, 2.45) is 0 Å². The number of nitrogens with one attached hydrogen (secondary N) is 1. The molecule has 184 valence electrons. The molecule has 1 aliphatic heterocycles. The van der Waals surface area contributed by atoms with Gasteiger partial charge in [-0.3, -0.25) is 4.79 Å². The van der Waals surface area contributed by atoms with Crippen molar-refractivity contribution in [2.75, 3.05) is 20.3 Å². The van der Waals surface area contributed by atoms with E-state index in [1.165, 1.54) is 12.0 Å². The molecule has 2 unspecified atom stereocenters. The van der Waals surface area contributed by atoms with E-state index in [0.29, 0.717) is 12.8 Å². The normalized spacial score (nSPS) is 22.5. The summed E-state index contributed by atoms with van der Waals surface area (Å²) in [6.45, 7) is 0.345. The van der Waals surface area contributed by atoms with Gasteiger partial charge in [-0.2, -0.15) is 0 Å². The minimum Gasteiger partial charge on any atom is -0.480 e. The quantitative estimate of drug-likeness (QED) is 0.658. The Morgan fingerprint density at radius 3 is 2.20 bits per heavy atom. The molecule has 35 heavy (non-hydrogen) atoms. The minimum absolute atomic E-state index is 0.0826. The van der Waals surface area contributed by atoms with E-state index in [9.17, 15) is 19.5 Å². The number of hydrogen-bond donors (Lipinski definition) is 2. The molecule has 0 aromatic heterocycles. The number of aliphatic carboxylic acids is 1. The van der Waals surface area contributed by atoms with Crippen LogP contribution >= 0.6 is 0 Å². The molecule has 0 bridgehead atoms. The number of fused-ring (bicyclic) bond motifs is 3. The van der Waals surface area contributed by atoms with Crippen LogP contribution in [0, 0.1) is 0 Å². The van der Waals surface area contributed by atoms with E-state index in [-0.39, 0.29) is 37.5 Å². The molecule has 2 N–H and O–H groups in total. The van der Waals surface area contributed by atoms with Crippen molar-refractivity contribution in [1.29, 1.82) is 0 Å². The van der Waals surface area contributed by atoms with Gasteiger partial charge in [0.25, 0.3) is 0 Å². The van der Waals surface area contributed by atoms with Crippen LogP contribution in [0.3, 0.4) is 0 Å². The van der Waals surface area contributed by atoms with E-state index >= 15 is 0 Å². The second-order valence-corrected chi connectivity index (χ2v) is 9.64. The zero-order chi connectivity index (χ0) is 24.6. The summed E-state index contributed by atoms with van der Waals surface area (Å²) in [6, 6.07) is 15.2. The molecule has 5 rings (SSSR count). The van der Waals surface area contributed by atoms with Crippen LogP contribution < -0.4 is 5.32 Å². The maximum Gasteiger partial charge on any atom is 0.408 e. The number of alkyl carbamates (subject to hydrolysis) is 1. The first kappa shape index (κ1) is 23.4. The Morgan fingerprint density at radius 2 is 1.63 bits per heavy atom.